The number of methoxy groups -OCH3 is 2. The second-order valence-corrected chi connectivity index (χ2v) is 6.02. The molecule has 0 heterocycles. The minimum absolute atomic E-state index is 0.00371. The monoisotopic (exact) mass is 347 g/mol. The summed E-state index contributed by atoms with van der Waals surface area (Å²) in [7, 11) is 4.99. The van der Waals surface area contributed by atoms with Gasteiger partial charge in [0.1, 0.15) is 11.5 Å². The van der Waals surface area contributed by atoms with Gasteiger partial charge < -0.3 is 14.4 Å². The summed E-state index contributed by atoms with van der Waals surface area (Å²) < 4.78 is 10.6. The van der Waals surface area contributed by atoms with E-state index in [4.69, 9.17) is 21.1 Å². The van der Waals surface area contributed by atoms with Crippen molar-refractivity contribution in [2.24, 2.45) is 0 Å². The Morgan fingerprint density at radius 2 is 1.79 bits per heavy atom. The highest BCUT2D eigenvalue weighted by atomic mass is 35.5. The van der Waals surface area contributed by atoms with Crippen molar-refractivity contribution in [1.29, 1.82) is 0 Å². The topological polar surface area (TPSA) is 38.8 Å². The van der Waals surface area contributed by atoms with E-state index in [9.17, 15) is 4.79 Å². The van der Waals surface area contributed by atoms with Crippen molar-refractivity contribution in [3.8, 4) is 11.5 Å². The Balaban J connectivity index is 2.15. The van der Waals surface area contributed by atoms with Crippen LogP contribution >= 0.6 is 11.6 Å². The molecule has 0 bridgehead atoms. The number of likely N-dealkylation sites (N-methyl/N-ethyl adjacent to an activating group) is 1. The van der Waals surface area contributed by atoms with Gasteiger partial charge in [-0.3, -0.25) is 4.79 Å². The van der Waals surface area contributed by atoms with E-state index in [1.165, 1.54) is 0 Å². The largest absolute Gasteiger partial charge is 0.497 e. The number of hydrogen-bond donors (Lipinski definition) is 0. The second-order valence-electron chi connectivity index (χ2n) is 5.59. The summed E-state index contributed by atoms with van der Waals surface area (Å²) in [5.41, 5.74) is 1.84. The van der Waals surface area contributed by atoms with Crippen LogP contribution in [-0.2, 0) is 11.2 Å². The third kappa shape index (κ3) is 4.20. The lowest BCUT2D eigenvalue weighted by molar-refractivity contribution is -0.131. The summed E-state index contributed by atoms with van der Waals surface area (Å²) in [6.07, 6.45) is 0.245. The molecule has 0 spiro atoms. The highest BCUT2D eigenvalue weighted by molar-refractivity contribution is 6.30. The lowest BCUT2D eigenvalue weighted by atomic mass is 10.1. The van der Waals surface area contributed by atoms with Crippen LogP contribution in [0.3, 0.4) is 0 Å². The SMILES string of the molecule is COc1ccc(OC)c(CC(=O)N(C)C(C)c2ccc(Cl)cc2)c1. The van der Waals surface area contributed by atoms with Crippen LogP contribution in [0.5, 0.6) is 11.5 Å². The summed E-state index contributed by atoms with van der Waals surface area (Å²) in [5.74, 6) is 1.38. The van der Waals surface area contributed by atoms with Crippen molar-refractivity contribution in [3.63, 3.8) is 0 Å². The maximum Gasteiger partial charge on any atom is 0.227 e. The molecule has 24 heavy (non-hydrogen) atoms. The van der Waals surface area contributed by atoms with Crippen molar-refractivity contribution in [1.82, 2.24) is 4.90 Å². The molecular formula is C19H22ClNO3. The number of ether oxygens (including phenoxy) is 2. The van der Waals surface area contributed by atoms with Gasteiger partial charge in [0, 0.05) is 17.6 Å². The lowest BCUT2D eigenvalue weighted by Gasteiger charge is -2.26. The molecule has 0 N–H and O–H groups in total. The van der Waals surface area contributed by atoms with Crippen molar-refractivity contribution >= 4 is 17.5 Å². The van der Waals surface area contributed by atoms with E-state index in [0.717, 1.165) is 11.1 Å². The zero-order valence-electron chi connectivity index (χ0n) is 14.4. The number of carbonyl (C=O) groups excluding carboxylic acids is 1. The van der Waals surface area contributed by atoms with Crippen molar-refractivity contribution in [2.45, 2.75) is 19.4 Å². The van der Waals surface area contributed by atoms with Crippen LogP contribution in [0.25, 0.3) is 0 Å². The van der Waals surface area contributed by atoms with Crippen LogP contribution in [0.1, 0.15) is 24.1 Å². The van der Waals surface area contributed by atoms with Crippen LogP contribution in [0, 0.1) is 0 Å². The highest BCUT2D eigenvalue weighted by Gasteiger charge is 2.19. The number of amides is 1. The van der Waals surface area contributed by atoms with Gasteiger partial charge in [-0.1, -0.05) is 23.7 Å². The van der Waals surface area contributed by atoms with Crippen molar-refractivity contribution in [2.75, 3.05) is 21.3 Å². The fraction of sp³-hybridized carbons (Fsp3) is 0.316. The molecule has 128 valence electrons. The van der Waals surface area contributed by atoms with Crippen molar-refractivity contribution in [3.05, 3.63) is 58.6 Å². The number of hydrogen-bond acceptors (Lipinski definition) is 3. The first-order valence-corrected chi connectivity index (χ1v) is 8.06. The molecule has 1 unspecified atom stereocenters. The van der Waals surface area contributed by atoms with Gasteiger partial charge in [-0.2, -0.15) is 0 Å². The standard InChI is InChI=1S/C19H22ClNO3/c1-13(14-5-7-16(20)8-6-14)21(2)19(22)12-15-11-17(23-3)9-10-18(15)24-4/h5-11,13H,12H2,1-4H3. The van der Waals surface area contributed by atoms with Crippen LogP contribution in [-0.4, -0.2) is 32.1 Å². The summed E-state index contributed by atoms with van der Waals surface area (Å²) >= 11 is 5.92. The van der Waals surface area contributed by atoms with Crippen molar-refractivity contribution < 1.29 is 14.3 Å². The number of benzene rings is 2. The van der Waals surface area contributed by atoms with E-state index >= 15 is 0 Å². The Morgan fingerprint density at radius 1 is 1.12 bits per heavy atom. The molecule has 0 aromatic heterocycles. The van der Waals surface area contributed by atoms with E-state index in [1.807, 2.05) is 49.4 Å². The second kappa shape index (κ2) is 8.06. The number of nitrogens with zero attached hydrogens (tertiary/aromatic N) is 1. The van der Waals surface area contributed by atoms with Gasteiger partial charge in [-0.05, 0) is 42.8 Å². The smallest absolute Gasteiger partial charge is 0.227 e. The minimum atomic E-state index is -0.0497. The molecule has 0 saturated carbocycles. The van der Waals surface area contributed by atoms with Gasteiger partial charge in [-0.25, -0.2) is 0 Å². The molecule has 2 aromatic carbocycles. The first-order valence-electron chi connectivity index (χ1n) is 7.68. The van der Waals surface area contributed by atoms with Gasteiger partial charge in [0.2, 0.25) is 5.91 Å². The lowest BCUT2D eigenvalue weighted by Crippen LogP contribution is -2.31. The van der Waals surface area contributed by atoms with E-state index in [2.05, 4.69) is 0 Å². The average Bonchev–Trinajstić information content (AvgIpc) is 2.60. The third-order valence-corrected chi connectivity index (χ3v) is 4.41. The summed E-state index contributed by atoms with van der Waals surface area (Å²) in [5, 5.41) is 0.682. The van der Waals surface area contributed by atoms with E-state index in [0.29, 0.717) is 16.5 Å². The molecule has 0 aliphatic heterocycles. The molecule has 0 fully saturated rings. The summed E-state index contributed by atoms with van der Waals surface area (Å²) in [6.45, 7) is 1.99. The highest BCUT2D eigenvalue weighted by Crippen LogP contribution is 2.26. The molecule has 1 amide bonds. The predicted molar refractivity (Wildman–Crippen MR) is 95.9 cm³/mol. The Kier molecular flexibility index (Phi) is 6.10. The third-order valence-electron chi connectivity index (χ3n) is 4.16. The van der Waals surface area contributed by atoms with Crippen LogP contribution in [0.15, 0.2) is 42.5 Å². The molecule has 0 aliphatic carbocycles. The van der Waals surface area contributed by atoms with Gasteiger partial charge in [0.05, 0.1) is 26.7 Å². The van der Waals surface area contributed by atoms with Gasteiger partial charge >= 0.3 is 0 Å². The fourth-order valence-electron chi connectivity index (χ4n) is 2.49. The Labute approximate surface area is 147 Å². The average molecular weight is 348 g/mol. The zero-order valence-corrected chi connectivity index (χ0v) is 15.1. The molecule has 2 aromatic rings. The number of halogens is 1. The number of rotatable bonds is 6. The first kappa shape index (κ1) is 18.1. The molecule has 0 radical (unpaired) electrons. The molecule has 2 rings (SSSR count). The van der Waals surface area contributed by atoms with Crippen LogP contribution in [0.4, 0.5) is 0 Å². The number of carbonyl (C=O) groups is 1. The van der Waals surface area contributed by atoms with E-state index in [1.54, 1.807) is 26.2 Å². The zero-order chi connectivity index (χ0) is 17.7. The molecule has 4 nitrogen and oxygen atoms in total. The van der Waals surface area contributed by atoms with Crippen LogP contribution in [0.2, 0.25) is 5.02 Å². The summed E-state index contributed by atoms with van der Waals surface area (Å²) in [4.78, 5) is 14.4. The molecular weight excluding hydrogens is 326 g/mol. The van der Waals surface area contributed by atoms with E-state index < -0.39 is 0 Å². The quantitative estimate of drug-likeness (QED) is 0.789. The molecule has 0 saturated heterocycles. The maximum absolute atomic E-state index is 12.7. The molecule has 0 aliphatic rings. The summed E-state index contributed by atoms with van der Waals surface area (Å²) in [6, 6.07) is 12.9. The first-order chi connectivity index (χ1) is 11.5. The Morgan fingerprint density at radius 3 is 2.38 bits per heavy atom. The molecule has 1 atom stereocenters. The maximum atomic E-state index is 12.7. The fourth-order valence-corrected chi connectivity index (χ4v) is 2.61. The van der Waals surface area contributed by atoms with Gasteiger partial charge in [-0.15, -0.1) is 0 Å². The van der Waals surface area contributed by atoms with Gasteiger partial charge in [0.15, 0.2) is 0 Å². The Bertz CT molecular complexity index is 700. The van der Waals surface area contributed by atoms with E-state index in [-0.39, 0.29) is 18.4 Å². The molecule has 5 heteroatoms. The normalized spacial score (nSPS) is 11.7. The predicted octanol–water partition coefficient (Wildman–Crippen LogP) is 4.12. The van der Waals surface area contributed by atoms with Crippen LogP contribution < -0.4 is 9.47 Å². The Hall–Kier alpha value is -2.20. The van der Waals surface area contributed by atoms with Gasteiger partial charge in [0.25, 0.3) is 0 Å². The minimum Gasteiger partial charge on any atom is -0.497 e.